The third-order valence-electron chi connectivity index (χ3n) is 6.03. The molecule has 3 heterocycles. The molecule has 2 aliphatic heterocycles. The van der Waals surface area contributed by atoms with Crippen molar-refractivity contribution >= 4 is 28.8 Å². The summed E-state index contributed by atoms with van der Waals surface area (Å²) in [5, 5.41) is 5.63. The summed E-state index contributed by atoms with van der Waals surface area (Å²) in [6.07, 6.45) is 5.12. The fraction of sp³-hybridized carbons (Fsp3) is 0.286. The van der Waals surface area contributed by atoms with Crippen LogP contribution < -0.4 is 5.32 Å². The molecule has 1 amide bonds. The van der Waals surface area contributed by atoms with E-state index in [-0.39, 0.29) is 18.9 Å². The molecule has 1 unspecified atom stereocenters. The summed E-state index contributed by atoms with van der Waals surface area (Å²) in [5.74, 6) is -0.175. The predicted octanol–water partition coefficient (Wildman–Crippen LogP) is 5.22. The van der Waals surface area contributed by atoms with Gasteiger partial charge in [-0.3, -0.25) is 9.78 Å². The highest BCUT2D eigenvalue weighted by Crippen LogP contribution is 2.45. The second-order valence-electron chi connectivity index (χ2n) is 8.92. The highest BCUT2D eigenvalue weighted by atomic mass is 32.2. The van der Waals surface area contributed by atoms with E-state index in [1.807, 2.05) is 41.5 Å². The van der Waals surface area contributed by atoms with Gasteiger partial charge >= 0.3 is 5.97 Å². The standard InChI is InChI=1S/C28H30N4O3S/c1-5-13-35-27(34)25-19(4)31-28-32(26(25)22-10-8-21(9-11-22)18(2)3)23(17-36-28)14-24(33)30-16-20-7-6-12-29-15-20/h5-12,15,17-18,26H,1,13-14,16H2,2-4H3,(H,30,33). The van der Waals surface area contributed by atoms with Gasteiger partial charge in [0.15, 0.2) is 5.17 Å². The second kappa shape index (κ2) is 11.4. The number of hydrogen-bond donors (Lipinski definition) is 1. The number of nitrogens with one attached hydrogen (secondary N) is 1. The third-order valence-corrected chi connectivity index (χ3v) is 6.91. The largest absolute Gasteiger partial charge is 0.458 e. The van der Waals surface area contributed by atoms with Crippen molar-refractivity contribution in [3.63, 3.8) is 0 Å². The Kier molecular flexibility index (Phi) is 8.05. The van der Waals surface area contributed by atoms with Crippen LogP contribution in [0.3, 0.4) is 0 Å². The summed E-state index contributed by atoms with van der Waals surface area (Å²) in [5.41, 5.74) is 4.91. The first-order chi connectivity index (χ1) is 17.4. The fourth-order valence-corrected chi connectivity index (χ4v) is 5.12. The second-order valence-corrected chi connectivity index (χ2v) is 9.75. The number of amidine groups is 1. The minimum Gasteiger partial charge on any atom is -0.458 e. The monoisotopic (exact) mass is 502 g/mol. The van der Waals surface area contributed by atoms with Crippen LogP contribution in [0.15, 0.2) is 88.8 Å². The van der Waals surface area contributed by atoms with E-state index in [1.54, 1.807) is 18.5 Å². The number of ether oxygens (including phenoxy) is 1. The molecule has 1 N–H and O–H groups in total. The van der Waals surface area contributed by atoms with Crippen LogP contribution in [0, 0.1) is 0 Å². The highest BCUT2D eigenvalue weighted by Gasteiger charge is 2.41. The van der Waals surface area contributed by atoms with E-state index in [9.17, 15) is 9.59 Å². The van der Waals surface area contributed by atoms with Gasteiger partial charge in [0, 0.05) is 24.6 Å². The maximum absolute atomic E-state index is 13.2. The first-order valence-electron chi connectivity index (χ1n) is 11.9. The van der Waals surface area contributed by atoms with E-state index < -0.39 is 12.0 Å². The summed E-state index contributed by atoms with van der Waals surface area (Å²) in [6.45, 7) is 10.3. The molecule has 1 atom stereocenters. The van der Waals surface area contributed by atoms with Gasteiger partial charge in [-0.25, -0.2) is 9.79 Å². The zero-order chi connectivity index (χ0) is 25.7. The van der Waals surface area contributed by atoms with E-state index in [0.29, 0.717) is 23.7 Å². The lowest BCUT2D eigenvalue weighted by molar-refractivity contribution is -0.138. The maximum Gasteiger partial charge on any atom is 0.338 e. The molecular weight excluding hydrogens is 472 g/mol. The van der Waals surface area contributed by atoms with Crippen LogP contribution in [0.5, 0.6) is 0 Å². The smallest absolute Gasteiger partial charge is 0.338 e. The van der Waals surface area contributed by atoms with Crippen LogP contribution in [0.2, 0.25) is 0 Å². The van der Waals surface area contributed by atoms with Gasteiger partial charge in [-0.05, 0) is 41.0 Å². The van der Waals surface area contributed by atoms with E-state index in [0.717, 1.165) is 22.0 Å². The number of pyridine rings is 1. The number of rotatable bonds is 9. The summed E-state index contributed by atoms with van der Waals surface area (Å²) >= 11 is 1.45. The Morgan fingerprint density at radius 1 is 1.25 bits per heavy atom. The molecule has 0 bridgehead atoms. The van der Waals surface area contributed by atoms with Crippen molar-refractivity contribution in [3.05, 3.63) is 101 Å². The Balaban J connectivity index is 1.62. The lowest BCUT2D eigenvalue weighted by Gasteiger charge is -2.36. The number of hydrogen-bond acceptors (Lipinski definition) is 7. The van der Waals surface area contributed by atoms with Crippen LogP contribution in [-0.2, 0) is 20.9 Å². The number of aliphatic imine (C=N–C) groups is 1. The normalized spacial score (nSPS) is 16.9. The fourth-order valence-electron chi connectivity index (χ4n) is 4.15. The number of fused-ring (bicyclic) bond motifs is 1. The van der Waals surface area contributed by atoms with Crippen LogP contribution in [0.1, 0.15) is 55.8 Å². The number of carbonyl (C=O) groups is 2. The van der Waals surface area contributed by atoms with Crippen molar-refractivity contribution in [2.24, 2.45) is 4.99 Å². The van der Waals surface area contributed by atoms with Gasteiger partial charge in [0.1, 0.15) is 6.61 Å². The van der Waals surface area contributed by atoms with Gasteiger partial charge in [0.25, 0.3) is 0 Å². The van der Waals surface area contributed by atoms with Crippen LogP contribution in [-0.4, -0.2) is 33.5 Å². The number of nitrogens with zero attached hydrogens (tertiary/aromatic N) is 3. The molecule has 1 aromatic heterocycles. The number of allylic oxidation sites excluding steroid dienone is 1. The van der Waals surface area contributed by atoms with Gasteiger partial charge in [-0.1, -0.05) is 68.6 Å². The van der Waals surface area contributed by atoms with Gasteiger partial charge in [0.05, 0.1) is 23.7 Å². The van der Waals surface area contributed by atoms with Gasteiger partial charge in [-0.15, -0.1) is 0 Å². The van der Waals surface area contributed by atoms with Crippen molar-refractivity contribution in [1.29, 1.82) is 0 Å². The quantitative estimate of drug-likeness (QED) is 0.374. The van der Waals surface area contributed by atoms with E-state index >= 15 is 0 Å². The molecule has 1 aromatic carbocycles. The number of carbonyl (C=O) groups excluding carboxylic acids is 2. The first-order valence-corrected chi connectivity index (χ1v) is 12.7. The minimum absolute atomic E-state index is 0.111. The summed E-state index contributed by atoms with van der Waals surface area (Å²) < 4.78 is 5.44. The lowest BCUT2D eigenvalue weighted by Crippen LogP contribution is -2.38. The minimum atomic E-state index is -0.455. The Morgan fingerprint density at radius 3 is 2.69 bits per heavy atom. The zero-order valence-electron chi connectivity index (χ0n) is 20.7. The topological polar surface area (TPSA) is 83.9 Å². The molecule has 7 nitrogen and oxygen atoms in total. The summed E-state index contributed by atoms with van der Waals surface area (Å²) in [4.78, 5) is 36.8. The predicted molar refractivity (Wildman–Crippen MR) is 143 cm³/mol. The highest BCUT2D eigenvalue weighted by molar-refractivity contribution is 8.16. The van der Waals surface area contributed by atoms with Crippen LogP contribution in [0.4, 0.5) is 0 Å². The molecule has 0 fully saturated rings. The molecular formula is C28H30N4O3S. The van der Waals surface area contributed by atoms with E-state index in [4.69, 9.17) is 9.73 Å². The number of benzene rings is 1. The molecule has 0 saturated heterocycles. The lowest BCUT2D eigenvalue weighted by atomic mass is 9.92. The Bertz CT molecular complexity index is 1230. The van der Waals surface area contributed by atoms with Crippen molar-refractivity contribution in [2.75, 3.05) is 6.61 Å². The molecule has 0 saturated carbocycles. The molecule has 0 spiro atoms. The number of esters is 1. The molecule has 36 heavy (non-hydrogen) atoms. The van der Waals surface area contributed by atoms with Crippen LogP contribution >= 0.6 is 11.8 Å². The average Bonchev–Trinajstić information content (AvgIpc) is 3.27. The van der Waals surface area contributed by atoms with Gasteiger partial charge in [-0.2, -0.15) is 0 Å². The maximum atomic E-state index is 13.2. The first kappa shape index (κ1) is 25.4. The third kappa shape index (κ3) is 5.60. The Labute approximate surface area is 216 Å². The average molecular weight is 503 g/mol. The van der Waals surface area contributed by atoms with Crippen molar-refractivity contribution < 1.29 is 14.3 Å². The molecule has 8 heteroatoms. The number of thioether (sulfide) groups is 1. The van der Waals surface area contributed by atoms with E-state index in [1.165, 1.54) is 17.3 Å². The van der Waals surface area contributed by atoms with E-state index in [2.05, 4.69) is 42.9 Å². The molecule has 0 radical (unpaired) electrons. The Hall–Kier alpha value is -3.65. The molecule has 0 aliphatic carbocycles. The van der Waals surface area contributed by atoms with Crippen molar-refractivity contribution in [1.82, 2.24) is 15.2 Å². The van der Waals surface area contributed by atoms with Crippen molar-refractivity contribution in [3.8, 4) is 0 Å². The number of amides is 1. The molecule has 2 aromatic rings. The van der Waals surface area contributed by atoms with Crippen LogP contribution in [0.25, 0.3) is 0 Å². The molecule has 186 valence electrons. The molecule has 2 aliphatic rings. The van der Waals surface area contributed by atoms with Gasteiger partial charge < -0.3 is 15.0 Å². The number of aromatic nitrogens is 1. The summed E-state index contributed by atoms with van der Waals surface area (Å²) in [7, 11) is 0. The summed E-state index contributed by atoms with van der Waals surface area (Å²) in [6, 6.07) is 11.6. The zero-order valence-corrected chi connectivity index (χ0v) is 21.5. The van der Waals surface area contributed by atoms with Gasteiger partial charge in [0.2, 0.25) is 5.91 Å². The van der Waals surface area contributed by atoms with Crippen molar-refractivity contribution in [2.45, 2.75) is 45.7 Å². The Morgan fingerprint density at radius 2 is 2.03 bits per heavy atom. The SMILES string of the molecule is C=CCOC(=O)C1=C(C)N=C2SC=C(CC(=O)NCc3cccnc3)N2C1c1ccc(C(C)C)cc1. The molecule has 4 rings (SSSR count).